The minimum atomic E-state index is -0.703. The standard InChI is InChI=1S/C11H8BrF2N3/c1-5-4-16-11(15)17-10(5)8-7(13)3-2-6(12)9(8)14/h2-4H,1H3,(H2,15,16,17). The van der Waals surface area contributed by atoms with Gasteiger partial charge in [0.05, 0.1) is 15.7 Å². The molecule has 0 unspecified atom stereocenters. The molecule has 88 valence electrons. The van der Waals surface area contributed by atoms with Crippen LogP contribution in [-0.4, -0.2) is 9.97 Å². The van der Waals surface area contributed by atoms with Gasteiger partial charge in [-0.15, -0.1) is 0 Å². The van der Waals surface area contributed by atoms with Crippen LogP contribution in [0.25, 0.3) is 11.3 Å². The van der Waals surface area contributed by atoms with Crippen LogP contribution in [0.2, 0.25) is 0 Å². The molecule has 2 aromatic rings. The number of benzene rings is 1. The lowest BCUT2D eigenvalue weighted by molar-refractivity contribution is 0.584. The lowest BCUT2D eigenvalue weighted by atomic mass is 10.1. The molecule has 17 heavy (non-hydrogen) atoms. The summed E-state index contributed by atoms with van der Waals surface area (Å²) in [4.78, 5) is 7.63. The second kappa shape index (κ2) is 4.37. The molecule has 2 N–H and O–H groups in total. The Morgan fingerprint density at radius 2 is 2.00 bits per heavy atom. The minimum Gasteiger partial charge on any atom is -0.368 e. The first kappa shape index (κ1) is 11.9. The summed E-state index contributed by atoms with van der Waals surface area (Å²) in [5, 5.41) is 0. The number of nitrogens with two attached hydrogens (primary N) is 1. The normalized spacial score (nSPS) is 10.6. The summed E-state index contributed by atoms with van der Waals surface area (Å²) in [5.41, 5.74) is 5.93. The van der Waals surface area contributed by atoms with Crippen LogP contribution in [0.15, 0.2) is 22.8 Å². The molecular weight excluding hydrogens is 292 g/mol. The van der Waals surface area contributed by atoms with E-state index in [1.807, 2.05) is 0 Å². The smallest absolute Gasteiger partial charge is 0.220 e. The van der Waals surface area contributed by atoms with Gasteiger partial charge in [-0.25, -0.2) is 18.7 Å². The highest BCUT2D eigenvalue weighted by atomic mass is 79.9. The molecule has 0 aliphatic heterocycles. The van der Waals surface area contributed by atoms with E-state index in [0.717, 1.165) is 0 Å². The van der Waals surface area contributed by atoms with Gasteiger partial charge < -0.3 is 5.73 Å². The van der Waals surface area contributed by atoms with Crippen molar-refractivity contribution in [1.29, 1.82) is 0 Å². The Labute approximate surface area is 105 Å². The van der Waals surface area contributed by atoms with E-state index in [1.54, 1.807) is 6.92 Å². The first-order valence-electron chi connectivity index (χ1n) is 4.73. The zero-order valence-corrected chi connectivity index (χ0v) is 10.4. The van der Waals surface area contributed by atoms with E-state index in [2.05, 4.69) is 25.9 Å². The molecule has 0 radical (unpaired) electrons. The third-order valence-electron chi connectivity index (χ3n) is 2.27. The third kappa shape index (κ3) is 2.12. The summed E-state index contributed by atoms with van der Waals surface area (Å²) in [6.07, 6.45) is 1.43. The summed E-state index contributed by atoms with van der Waals surface area (Å²) < 4.78 is 27.7. The van der Waals surface area contributed by atoms with Crippen molar-refractivity contribution >= 4 is 21.9 Å². The van der Waals surface area contributed by atoms with Crippen LogP contribution in [-0.2, 0) is 0 Å². The molecular formula is C11H8BrF2N3. The first-order valence-corrected chi connectivity index (χ1v) is 5.53. The number of hydrogen-bond acceptors (Lipinski definition) is 3. The second-order valence-electron chi connectivity index (χ2n) is 3.48. The van der Waals surface area contributed by atoms with Crippen LogP contribution in [0.5, 0.6) is 0 Å². The van der Waals surface area contributed by atoms with Crippen molar-refractivity contribution in [3.8, 4) is 11.3 Å². The Kier molecular flexibility index (Phi) is 3.06. The Morgan fingerprint density at radius 3 is 2.71 bits per heavy atom. The van der Waals surface area contributed by atoms with E-state index in [-0.39, 0.29) is 21.7 Å². The SMILES string of the molecule is Cc1cnc(N)nc1-c1c(F)ccc(Br)c1F. The first-order chi connectivity index (χ1) is 8.00. The van der Waals surface area contributed by atoms with Gasteiger partial charge in [0.25, 0.3) is 0 Å². The zero-order chi connectivity index (χ0) is 12.6. The van der Waals surface area contributed by atoms with Crippen molar-refractivity contribution in [3.63, 3.8) is 0 Å². The van der Waals surface area contributed by atoms with Gasteiger partial charge in [0.1, 0.15) is 11.6 Å². The van der Waals surface area contributed by atoms with Crippen molar-refractivity contribution in [2.24, 2.45) is 0 Å². The summed E-state index contributed by atoms with van der Waals surface area (Å²) in [6, 6.07) is 2.47. The maximum absolute atomic E-state index is 13.9. The van der Waals surface area contributed by atoms with Crippen LogP contribution in [0.1, 0.15) is 5.56 Å². The van der Waals surface area contributed by atoms with Crippen molar-refractivity contribution in [1.82, 2.24) is 9.97 Å². The molecule has 2 rings (SSSR count). The molecule has 6 heteroatoms. The van der Waals surface area contributed by atoms with Gasteiger partial charge in [-0.05, 0) is 40.5 Å². The van der Waals surface area contributed by atoms with E-state index >= 15 is 0 Å². The summed E-state index contributed by atoms with van der Waals surface area (Å²) in [6.45, 7) is 1.66. The Morgan fingerprint density at radius 1 is 1.29 bits per heavy atom. The van der Waals surface area contributed by atoms with Gasteiger partial charge in [0.15, 0.2) is 0 Å². The molecule has 0 saturated carbocycles. The Hall–Kier alpha value is -1.56. The molecule has 0 fully saturated rings. The van der Waals surface area contributed by atoms with Gasteiger partial charge >= 0.3 is 0 Å². The highest BCUT2D eigenvalue weighted by Gasteiger charge is 2.17. The topological polar surface area (TPSA) is 51.8 Å². The molecule has 0 aliphatic carbocycles. The largest absolute Gasteiger partial charge is 0.368 e. The number of nitrogen functional groups attached to an aromatic ring is 1. The van der Waals surface area contributed by atoms with Crippen LogP contribution in [0.3, 0.4) is 0 Å². The summed E-state index contributed by atoms with van der Waals surface area (Å²) >= 11 is 3.00. The molecule has 0 amide bonds. The zero-order valence-electron chi connectivity index (χ0n) is 8.84. The number of hydrogen-bond donors (Lipinski definition) is 1. The van der Waals surface area contributed by atoms with E-state index in [4.69, 9.17) is 5.73 Å². The Bertz CT molecular complexity index is 587. The molecule has 1 aromatic heterocycles. The Balaban J connectivity index is 2.76. The lowest BCUT2D eigenvalue weighted by Crippen LogP contribution is -2.01. The third-order valence-corrected chi connectivity index (χ3v) is 2.88. The molecule has 0 spiro atoms. The number of rotatable bonds is 1. The highest BCUT2D eigenvalue weighted by molar-refractivity contribution is 9.10. The number of nitrogens with zero attached hydrogens (tertiary/aromatic N) is 2. The van der Waals surface area contributed by atoms with Crippen molar-refractivity contribution < 1.29 is 8.78 Å². The van der Waals surface area contributed by atoms with Crippen LogP contribution < -0.4 is 5.73 Å². The highest BCUT2D eigenvalue weighted by Crippen LogP contribution is 2.31. The van der Waals surface area contributed by atoms with Crippen LogP contribution in [0, 0.1) is 18.6 Å². The summed E-state index contributed by atoms with van der Waals surface area (Å²) in [7, 11) is 0. The fourth-order valence-corrected chi connectivity index (χ4v) is 1.78. The van der Waals surface area contributed by atoms with Gasteiger partial charge in [0, 0.05) is 6.20 Å². The number of aryl methyl sites for hydroxylation is 1. The van der Waals surface area contributed by atoms with Crippen LogP contribution in [0.4, 0.5) is 14.7 Å². The number of anilines is 1. The molecule has 1 aromatic carbocycles. The second-order valence-corrected chi connectivity index (χ2v) is 4.33. The number of aromatic nitrogens is 2. The summed E-state index contributed by atoms with van der Waals surface area (Å²) in [5.74, 6) is -1.41. The average molecular weight is 300 g/mol. The van der Waals surface area contributed by atoms with Gasteiger partial charge in [-0.2, -0.15) is 0 Å². The lowest BCUT2D eigenvalue weighted by Gasteiger charge is -2.08. The van der Waals surface area contributed by atoms with Crippen molar-refractivity contribution in [3.05, 3.63) is 40.0 Å². The van der Waals surface area contributed by atoms with Gasteiger partial charge in [-0.1, -0.05) is 0 Å². The van der Waals surface area contributed by atoms with E-state index in [9.17, 15) is 8.78 Å². The van der Waals surface area contributed by atoms with Crippen molar-refractivity contribution in [2.75, 3.05) is 5.73 Å². The predicted molar refractivity (Wildman–Crippen MR) is 64.2 cm³/mol. The monoisotopic (exact) mass is 299 g/mol. The quantitative estimate of drug-likeness (QED) is 0.823. The molecule has 0 saturated heterocycles. The van der Waals surface area contributed by atoms with E-state index < -0.39 is 11.6 Å². The van der Waals surface area contributed by atoms with Crippen LogP contribution >= 0.6 is 15.9 Å². The fourth-order valence-electron chi connectivity index (χ4n) is 1.45. The molecule has 3 nitrogen and oxygen atoms in total. The van der Waals surface area contributed by atoms with E-state index in [1.165, 1.54) is 18.3 Å². The molecule has 0 aliphatic rings. The fraction of sp³-hybridized carbons (Fsp3) is 0.0909. The van der Waals surface area contributed by atoms with E-state index in [0.29, 0.717) is 5.56 Å². The maximum Gasteiger partial charge on any atom is 0.220 e. The minimum absolute atomic E-state index is 0.0237. The van der Waals surface area contributed by atoms with Crippen molar-refractivity contribution in [2.45, 2.75) is 6.92 Å². The molecule has 1 heterocycles. The predicted octanol–water partition coefficient (Wildman–Crippen LogP) is 3.07. The average Bonchev–Trinajstić information content (AvgIpc) is 2.29. The maximum atomic E-state index is 13.9. The molecule has 0 bridgehead atoms. The number of halogens is 3. The van der Waals surface area contributed by atoms with Gasteiger partial charge in [-0.3, -0.25) is 0 Å². The molecule has 0 atom stereocenters. The van der Waals surface area contributed by atoms with Gasteiger partial charge in [0.2, 0.25) is 5.95 Å².